The van der Waals surface area contributed by atoms with Crippen molar-refractivity contribution in [3.05, 3.63) is 35.0 Å². The molecule has 92 valence electrons. The average Bonchev–Trinajstić information content (AvgIpc) is 2.44. The third-order valence-electron chi connectivity index (χ3n) is 3.35. The summed E-state index contributed by atoms with van der Waals surface area (Å²) in [5.41, 5.74) is 0. The van der Waals surface area contributed by atoms with Crippen LogP contribution >= 0.6 is 0 Å². The van der Waals surface area contributed by atoms with Gasteiger partial charge < -0.3 is 10.2 Å². The smallest absolute Gasteiger partial charge is 0.151 e. The summed E-state index contributed by atoms with van der Waals surface area (Å²) in [5, 5.41) is 22.5. The average molecular weight is 242 g/mol. The molecule has 1 aliphatic heterocycles. The first kappa shape index (κ1) is 11.0. The van der Waals surface area contributed by atoms with Crippen LogP contribution in [0.4, 0.5) is 0 Å². The van der Waals surface area contributed by atoms with Crippen molar-refractivity contribution in [3.63, 3.8) is 0 Å². The number of hydrogen-bond donors (Lipinski definition) is 2. The molecule has 0 amide bonds. The molecule has 0 fully saturated rings. The van der Waals surface area contributed by atoms with Gasteiger partial charge in [-0.2, -0.15) is 0 Å². The molecule has 1 aliphatic rings. The molecule has 2 aromatic rings. The van der Waals surface area contributed by atoms with E-state index in [-0.39, 0.29) is 17.5 Å². The zero-order valence-corrected chi connectivity index (χ0v) is 10.1. The summed E-state index contributed by atoms with van der Waals surface area (Å²) in [4.78, 5) is 8.82. The first-order valence-electron chi connectivity index (χ1n) is 6.07. The normalized spacial score (nSPS) is 17.9. The Bertz CT molecular complexity index is 738. The highest BCUT2D eigenvalue weighted by atomic mass is 16.3. The van der Waals surface area contributed by atoms with Gasteiger partial charge in [0.15, 0.2) is 11.5 Å². The largest absolute Gasteiger partial charge is 0.505 e. The number of rotatable bonds is 1. The van der Waals surface area contributed by atoms with Crippen LogP contribution in [0.25, 0.3) is 10.8 Å². The van der Waals surface area contributed by atoms with Crippen molar-refractivity contribution in [2.45, 2.75) is 19.4 Å². The molecule has 4 heteroatoms. The summed E-state index contributed by atoms with van der Waals surface area (Å²) in [5.74, 6) is 0.219. The molecule has 0 bridgehead atoms. The lowest BCUT2D eigenvalue weighted by molar-refractivity contribution is 0.448. The fraction of sp³-hybridized carbons (Fsp3) is 0.286. The molecule has 18 heavy (non-hydrogen) atoms. The topological polar surface area (TPSA) is 65.2 Å². The highest BCUT2D eigenvalue weighted by Crippen LogP contribution is 2.26. The van der Waals surface area contributed by atoms with Crippen LogP contribution in [0.15, 0.2) is 34.3 Å². The van der Waals surface area contributed by atoms with Crippen LogP contribution in [-0.4, -0.2) is 22.8 Å². The van der Waals surface area contributed by atoms with Gasteiger partial charge in [0, 0.05) is 10.8 Å². The van der Waals surface area contributed by atoms with Crippen molar-refractivity contribution in [1.82, 2.24) is 0 Å². The van der Waals surface area contributed by atoms with Crippen molar-refractivity contribution >= 4 is 10.8 Å². The number of fused-ring (bicyclic) bond motifs is 2. The Balaban J connectivity index is 2.49. The van der Waals surface area contributed by atoms with E-state index in [4.69, 9.17) is 0 Å². The molecule has 0 aromatic heterocycles. The molecular weight excluding hydrogens is 228 g/mol. The van der Waals surface area contributed by atoms with Gasteiger partial charge in [-0.1, -0.05) is 31.2 Å². The van der Waals surface area contributed by atoms with Gasteiger partial charge in [-0.15, -0.1) is 0 Å². The van der Waals surface area contributed by atoms with E-state index in [1.165, 1.54) is 0 Å². The van der Waals surface area contributed by atoms with E-state index in [1.807, 2.05) is 19.1 Å². The number of aromatic hydroxyl groups is 2. The van der Waals surface area contributed by atoms with E-state index in [9.17, 15) is 10.2 Å². The van der Waals surface area contributed by atoms with Gasteiger partial charge in [0.1, 0.15) is 10.7 Å². The Hall–Kier alpha value is -2.10. The number of phenolic OH excluding ortho intramolecular Hbond substituents is 2. The standard InChI is InChI=1S/C14H14N2O2/c1-2-8-7-15-11-12(16-8)14(18)10-6-4-3-5-9(10)13(11)17/h3-6,8,17-18H,2,7H2,1H3. The minimum absolute atomic E-state index is 0.0870. The van der Waals surface area contributed by atoms with E-state index in [0.29, 0.717) is 28.0 Å². The summed E-state index contributed by atoms with van der Waals surface area (Å²) >= 11 is 0. The molecule has 3 rings (SSSR count). The van der Waals surface area contributed by atoms with Gasteiger partial charge in [0.25, 0.3) is 0 Å². The number of hydrogen-bond acceptors (Lipinski definition) is 4. The van der Waals surface area contributed by atoms with E-state index < -0.39 is 0 Å². The van der Waals surface area contributed by atoms with E-state index in [1.54, 1.807) is 12.1 Å². The van der Waals surface area contributed by atoms with Crippen LogP contribution in [-0.2, 0) is 0 Å². The Morgan fingerprint density at radius 2 is 1.72 bits per heavy atom. The SMILES string of the molecule is CCC1CN=c2c(O)c3ccccc3c(O)c2=N1. The zero-order valence-electron chi connectivity index (χ0n) is 10.1. The third-order valence-corrected chi connectivity index (χ3v) is 3.35. The van der Waals surface area contributed by atoms with Crippen molar-refractivity contribution in [3.8, 4) is 11.5 Å². The molecule has 4 nitrogen and oxygen atoms in total. The van der Waals surface area contributed by atoms with Gasteiger partial charge in [-0.05, 0) is 6.42 Å². The quantitative estimate of drug-likeness (QED) is 0.740. The molecule has 0 saturated carbocycles. The van der Waals surface area contributed by atoms with E-state index >= 15 is 0 Å². The Labute approximate surface area is 104 Å². The fourth-order valence-corrected chi connectivity index (χ4v) is 2.29. The fourth-order valence-electron chi connectivity index (χ4n) is 2.29. The Morgan fingerprint density at radius 1 is 1.11 bits per heavy atom. The summed E-state index contributed by atoms with van der Waals surface area (Å²) in [6.45, 7) is 2.60. The molecule has 1 heterocycles. The van der Waals surface area contributed by atoms with Crippen LogP contribution in [0, 0.1) is 0 Å². The number of phenols is 2. The summed E-state index contributed by atoms with van der Waals surface area (Å²) in [6.07, 6.45) is 0.871. The van der Waals surface area contributed by atoms with Crippen molar-refractivity contribution in [1.29, 1.82) is 0 Å². The highest BCUT2D eigenvalue weighted by Gasteiger charge is 2.16. The van der Waals surface area contributed by atoms with E-state index in [0.717, 1.165) is 6.42 Å². The van der Waals surface area contributed by atoms with Crippen molar-refractivity contribution in [2.24, 2.45) is 9.98 Å². The molecule has 0 aliphatic carbocycles. The minimum atomic E-state index is 0.0870. The van der Waals surface area contributed by atoms with Crippen molar-refractivity contribution in [2.75, 3.05) is 6.54 Å². The van der Waals surface area contributed by atoms with Gasteiger partial charge in [0.2, 0.25) is 0 Å². The molecule has 1 atom stereocenters. The number of nitrogens with zero attached hydrogens (tertiary/aromatic N) is 2. The predicted octanol–water partition coefficient (Wildman–Crippen LogP) is 1.28. The lowest BCUT2D eigenvalue weighted by Gasteiger charge is -2.13. The van der Waals surface area contributed by atoms with Crippen LogP contribution in [0.1, 0.15) is 13.3 Å². The predicted molar refractivity (Wildman–Crippen MR) is 68.5 cm³/mol. The lowest BCUT2D eigenvalue weighted by Crippen LogP contribution is -2.34. The van der Waals surface area contributed by atoms with Gasteiger partial charge in [0.05, 0.1) is 12.6 Å². The maximum Gasteiger partial charge on any atom is 0.151 e. The highest BCUT2D eigenvalue weighted by molar-refractivity contribution is 5.92. The molecule has 0 saturated heterocycles. The summed E-state index contributed by atoms with van der Waals surface area (Å²) in [6, 6.07) is 7.28. The molecule has 0 spiro atoms. The van der Waals surface area contributed by atoms with Gasteiger partial charge >= 0.3 is 0 Å². The second-order valence-corrected chi connectivity index (χ2v) is 4.47. The molecule has 2 N–H and O–H groups in total. The van der Waals surface area contributed by atoms with Crippen molar-refractivity contribution < 1.29 is 10.2 Å². The molecule has 1 unspecified atom stereocenters. The second kappa shape index (κ2) is 3.98. The zero-order chi connectivity index (χ0) is 12.7. The number of benzene rings is 2. The second-order valence-electron chi connectivity index (χ2n) is 4.47. The monoisotopic (exact) mass is 242 g/mol. The minimum Gasteiger partial charge on any atom is -0.505 e. The molecule has 2 aromatic carbocycles. The van der Waals surface area contributed by atoms with Crippen LogP contribution in [0.3, 0.4) is 0 Å². The van der Waals surface area contributed by atoms with Gasteiger partial charge in [-0.3, -0.25) is 9.98 Å². The third kappa shape index (κ3) is 1.45. The van der Waals surface area contributed by atoms with E-state index in [2.05, 4.69) is 9.98 Å². The Kier molecular flexibility index (Phi) is 2.44. The summed E-state index contributed by atoms with van der Waals surface area (Å²) < 4.78 is 0. The molecular formula is C14H14N2O2. The maximum atomic E-state index is 10.3. The lowest BCUT2D eigenvalue weighted by atomic mass is 10.1. The molecule has 0 radical (unpaired) electrons. The van der Waals surface area contributed by atoms with Crippen LogP contribution in [0.2, 0.25) is 0 Å². The first-order chi connectivity index (χ1) is 8.72. The van der Waals surface area contributed by atoms with Crippen LogP contribution in [0.5, 0.6) is 11.5 Å². The van der Waals surface area contributed by atoms with Gasteiger partial charge in [-0.25, -0.2) is 0 Å². The maximum absolute atomic E-state index is 10.3. The van der Waals surface area contributed by atoms with Crippen LogP contribution < -0.4 is 10.7 Å². The summed E-state index contributed by atoms with van der Waals surface area (Å²) in [7, 11) is 0. The first-order valence-corrected chi connectivity index (χ1v) is 6.07. The Morgan fingerprint density at radius 3 is 2.33 bits per heavy atom.